The smallest absolute Gasteiger partial charge is 0.0496 e. The van der Waals surface area contributed by atoms with Gasteiger partial charge in [-0.05, 0) is 181 Å². The van der Waals surface area contributed by atoms with E-state index >= 15 is 0 Å². The number of hydrogen-bond acceptors (Lipinski definition) is 2. The van der Waals surface area contributed by atoms with Gasteiger partial charge in [-0.2, -0.15) is 0 Å². The van der Waals surface area contributed by atoms with E-state index in [2.05, 4.69) is 297 Å². The largest absolute Gasteiger partial charge is 0.311 e. The van der Waals surface area contributed by atoms with E-state index in [-0.39, 0.29) is 5.41 Å². The molecular weight excluding hydrogens is 929 g/mol. The Hall–Kier alpha value is -8.98. The van der Waals surface area contributed by atoms with E-state index in [4.69, 9.17) is 0 Å². The normalized spacial score (nSPS) is 13.6. The van der Waals surface area contributed by atoms with Crippen LogP contribution in [0.25, 0.3) is 66.8 Å². The summed E-state index contributed by atoms with van der Waals surface area (Å²) in [6.45, 7) is 4.77. The number of rotatable bonds is 12. The summed E-state index contributed by atoms with van der Waals surface area (Å²) in [5, 5.41) is 0. The Labute approximate surface area is 455 Å². The molecule has 2 nitrogen and oxygen atoms in total. The molecule has 0 atom stereocenters. The molecule has 13 rings (SSSR count). The summed E-state index contributed by atoms with van der Waals surface area (Å²) in [5.74, 6) is 0.539. The number of fused-ring (bicyclic) bond motifs is 3. The highest BCUT2D eigenvalue weighted by Gasteiger charge is 2.36. The van der Waals surface area contributed by atoms with Crippen LogP contribution in [-0.4, -0.2) is 0 Å². The second kappa shape index (κ2) is 20.6. The lowest BCUT2D eigenvalue weighted by atomic mass is 9.82. The summed E-state index contributed by atoms with van der Waals surface area (Å²) < 4.78 is 0. The first-order chi connectivity index (χ1) is 38.0. The van der Waals surface area contributed by atoms with Crippen LogP contribution in [-0.2, 0) is 5.41 Å². The summed E-state index contributed by atoms with van der Waals surface area (Å²) in [6, 6.07) is 101. The molecule has 2 heteroatoms. The second-order valence-electron chi connectivity index (χ2n) is 21.5. The van der Waals surface area contributed by atoms with E-state index in [1.165, 1.54) is 121 Å². The van der Waals surface area contributed by atoms with E-state index in [0.717, 1.165) is 28.3 Å². The van der Waals surface area contributed by atoms with Gasteiger partial charge in [-0.15, -0.1) is 0 Å². The Morgan fingerprint density at radius 3 is 1.23 bits per heavy atom. The van der Waals surface area contributed by atoms with Gasteiger partial charge in [0.05, 0.1) is 0 Å². The van der Waals surface area contributed by atoms with Gasteiger partial charge in [0.25, 0.3) is 0 Å². The molecule has 0 aromatic heterocycles. The molecule has 0 spiro atoms. The fraction of sp³-hybridized carbons (Fsp3) is 0.120. The summed E-state index contributed by atoms with van der Waals surface area (Å²) >= 11 is 0. The Kier molecular flexibility index (Phi) is 12.8. The topological polar surface area (TPSA) is 6.48 Å². The van der Waals surface area contributed by atoms with E-state index in [0.29, 0.717) is 5.92 Å². The zero-order valence-electron chi connectivity index (χ0n) is 44.0. The second-order valence-corrected chi connectivity index (χ2v) is 21.5. The zero-order chi connectivity index (χ0) is 51.7. The molecule has 0 aliphatic heterocycles. The molecule has 1 saturated carbocycles. The van der Waals surface area contributed by atoms with Crippen molar-refractivity contribution >= 4 is 34.1 Å². The Morgan fingerprint density at radius 1 is 0.286 bits per heavy atom. The standard InChI is InChI=1S/C75H62N2/c1-75(2)72-34-20-18-33-66(72)67-49-48-64(50-73(67)75)77(74-35-21-19-32-65(74)55-24-10-4-11-25-55)63-46-40-59(41-47-63)71-52-68(56-26-12-5-13-27-56)70(51-69(71)57-28-14-6-15-29-57)58-38-44-62(45-39-58)76(60-30-16-7-17-31-60)61-42-36-54(37-43-61)53-22-8-3-9-23-53/h3,5-9,12-23,26-52,55H,4,10-11,24-25H2,1-2H3. The third-order valence-electron chi connectivity index (χ3n) is 16.5. The zero-order valence-corrected chi connectivity index (χ0v) is 44.0. The van der Waals surface area contributed by atoms with Gasteiger partial charge in [-0.25, -0.2) is 0 Å². The van der Waals surface area contributed by atoms with Crippen LogP contribution in [0.2, 0.25) is 0 Å². The molecule has 11 aromatic carbocycles. The van der Waals surface area contributed by atoms with Crippen LogP contribution in [0, 0.1) is 0 Å². The van der Waals surface area contributed by atoms with E-state index < -0.39 is 0 Å². The van der Waals surface area contributed by atoms with Gasteiger partial charge >= 0.3 is 0 Å². The molecule has 2 aliphatic carbocycles. The maximum Gasteiger partial charge on any atom is 0.0496 e. The summed E-state index contributed by atoms with van der Waals surface area (Å²) in [4.78, 5) is 4.89. The van der Waals surface area contributed by atoms with E-state index in [1.807, 2.05) is 0 Å². The summed E-state index contributed by atoms with van der Waals surface area (Å²) in [7, 11) is 0. The fourth-order valence-electron chi connectivity index (χ4n) is 12.5. The average Bonchev–Trinajstić information content (AvgIpc) is 3.80. The van der Waals surface area contributed by atoms with Gasteiger partial charge in [-0.3, -0.25) is 0 Å². The van der Waals surface area contributed by atoms with Gasteiger partial charge in [0.2, 0.25) is 0 Å². The van der Waals surface area contributed by atoms with Gasteiger partial charge in [0.1, 0.15) is 0 Å². The fourth-order valence-corrected chi connectivity index (χ4v) is 12.5. The number of hydrogen-bond donors (Lipinski definition) is 0. The van der Waals surface area contributed by atoms with Crippen molar-refractivity contribution in [2.75, 3.05) is 9.80 Å². The number of nitrogens with zero attached hydrogens (tertiary/aromatic N) is 2. The van der Waals surface area contributed by atoms with E-state index in [9.17, 15) is 0 Å². The molecule has 0 unspecified atom stereocenters. The minimum absolute atomic E-state index is 0.114. The van der Waals surface area contributed by atoms with Crippen molar-refractivity contribution in [1.82, 2.24) is 0 Å². The highest BCUT2D eigenvalue weighted by molar-refractivity contribution is 5.96. The van der Waals surface area contributed by atoms with Crippen molar-refractivity contribution in [2.45, 2.75) is 57.3 Å². The lowest BCUT2D eigenvalue weighted by molar-refractivity contribution is 0.444. The van der Waals surface area contributed by atoms with Gasteiger partial charge < -0.3 is 9.80 Å². The number of para-hydroxylation sites is 2. The molecule has 372 valence electrons. The molecule has 2 aliphatic rings. The van der Waals surface area contributed by atoms with Crippen molar-refractivity contribution in [1.29, 1.82) is 0 Å². The molecule has 0 N–H and O–H groups in total. The van der Waals surface area contributed by atoms with Crippen LogP contribution in [0.4, 0.5) is 34.1 Å². The van der Waals surface area contributed by atoms with E-state index in [1.54, 1.807) is 0 Å². The van der Waals surface area contributed by atoms with Crippen LogP contribution in [0.3, 0.4) is 0 Å². The Balaban J connectivity index is 0.921. The number of benzene rings is 11. The Morgan fingerprint density at radius 2 is 0.675 bits per heavy atom. The molecule has 0 saturated heterocycles. The minimum Gasteiger partial charge on any atom is -0.311 e. The molecular formula is C75H62N2. The third kappa shape index (κ3) is 9.14. The Bertz CT molecular complexity index is 3820. The van der Waals surface area contributed by atoms with Gasteiger partial charge in [-0.1, -0.05) is 227 Å². The lowest BCUT2D eigenvalue weighted by Gasteiger charge is -2.32. The van der Waals surface area contributed by atoms with Crippen LogP contribution in [0.1, 0.15) is 68.6 Å². The molecule has 1 fully saturated rings. The predicted molar refractivity (Wildman–Crippen MR) is 326 cm³/mol. The van der Waals surface area contributed by atoms with Crippen molar-refractivity contribution in [3.63, 3.8) is 0 Å². The van der Waals surface area contributed by atoms with Crippen LogP contribution >= 0.6 is 0 Å². The summed E-state index contributed by atoms with van der Waals surface area (Å²) in [5.41, 5.74) is 25.6. The maximum absolute atomic E-state index is 2.55. The first-order valence-corrected chi connectivity index (χ1v) is 27.6. The molecule has 77 heavy (non-hydrogen) atoms. The summed E-state index contributed by atoms with van der Waals surface area (Å²) in [6.07, 6.45) is 6.37. The van der Waals surface area contributed by atoms with Gasteiger partial charge in [0, 0.05) is 39.5 Å². The maximum atomic E-state index is 2.55. The highest BCUT2D eigenvalue weighted by atomic mass is 15.1. The van der Waals surface area contributed by atoms with Gasteiger partial charge in [0.15, 0.2) is 0 Å². The van der Waals surface area contributed by atoms with Crippen LogP contribution in [0.15, 0.2) is 273 Å². The number of anilines is 6. The monoisotopic (exact) mass is 990 g/mol. The molecule has 0 radical (unpaired) electrons. The minimum atomic E-state index is -0.114. The van der Waals surface area contributed by atoms with Crippen molar-refractivity contribution in [3.05, 3.63) is 290 Å². The van der Waals surface area contributed by atoms with Crippen LogP contribution < -0.4 is 9.80 Å². The first-order valence-electron chi connectivity index (χ1n) is 27.6. The third-order valence-corrected chi connectivity index (χ3v) is 16.5. The molecule has 0 heterocycles. The van der Waals surface area contributed by atoms with Crippen molar-refractivity contribution < 1.29 is 0 Å². The lowest BCUT2D eigenvalue weighted by Crippen LogP contribution is -2.18. The molecule has 0 amide bonds. The predicted octanol–water partition coefficient (Wildman–Crippen LogP) is 21.3. The SMILES string of the molecule is CC1(C)c2ccccc2-c2ccc(N(c3ccc(-c4cc(-c5ccccc5)c(-c5ccc(N(c6ccccc6)c6ccc(-c7ccccc7)cc6)cc5)cc4-c4ccccc4)cc3)c3ccccc3C3CCCCC3)cc21. The average molecular weight is 991 g/mol. The first kappa shape index (κ1) is 47.7. The quantitative estimate of drug-likeness (QED) is 0.120. The molecule has 0 bridgehead atoms. The van der Waals surface area contributed by atoms with Crippen molar-refractivity contribution in [3.8, 4) is 66.8 Å². The molecule has 11 aromatic rings. The van der Waals surface area contributed by atoms with Crippen molar-refractivity contribution in [2.24, 2.45) is 0 Å². The highest BCUT2D eigenvalue weighted by Crippen LogP contribution is 2.52. The van der Waals surface area contributed by atoms with Crippen LogP contribution in [0.5, 0.6) is 0 Å².